The first-order valence-electron chi connectivity index (χ1n) is 6.64. The van der Waals surface area contributed by atoms with Crippen LogP contribution >= 0.6 is 0 Å². The highest BCUT2D eigenvalue weighted by molar-refractivity contribution is 5.34. The van der Waals surface area contributed by atoms with Crippen LogP contribution in [0.25, 0.3) is 0 Å². The van der Waals surface area contributed by atoms with Gasteiger partial charge in [0.05, 0.1) is 13.2 Å². The number of ether oxygens (including phenoxy) is 1. The van der Waals surface area contributed by atoms with Crippen LogP contribution < -0.4 is 4.74 Å². The molecule has 0 fully saturated rings. The molecule has 2 heteroatoms. The SMILES string of the molecule is COc1ccccc1C(O)CC(C)CC(C)(C)C. The first-order valence-corrected chi connectivity index (χ1v) is 6.64. The molecule has 1 rings (SSSR count). The van der Waals surface area contributed by atoms with E-state index in [-0.39, 0.29) is 0 Å². The third-order valence-corrected chi connectivity index (χ3v) is 3.08. The van der Waals surface area contributed by atoms with E-state index < -0.39 is 6.10 Å². The van der Waals surface area contributed by atoms with Crippen LogP contribution in [0.3, 0.4) is 0 Å². The Kier molecular flexibility index (Phi) is 5.21. The van der Waals surface area contributed by atoms with Crippen LogP contribution in [0.1, 0.15) is 52.2 Å². The molecule has 1 N–H and O–H groups in total. The summed E-state index contributed by atoms with van der Waals surface area (Å²) in [5.41, 5.74) is 1.20. The summed E-state index contributed by atoms with van der Waals surface area (Å²) in [6.07, 6.45) is 1.44. The van der Waals surface area contributed by atoms with Crippen molar-refractivity contribution in [2.24, 2.45) is 11.3 Å². The number of benzene rings is 1. The van der Waals surface area contributed by atoms with Crippen molar-refractivity contribution in [2.45, 2.75) is 46.6 Å². The van der Waals surface area contributed by atoms with E-state index in [0.29, 0.717) is 11.3 Å². The van der Waals surface area contributed by atoms with E-state index in [0.717, 1.165) is 24.2 Å². The number of aliphatic hydroxyl groups excluding tert-OH is 1. The van der Waals surface area contributed by atoms with Crippen molar-refractivity contribution in [1.82, 2.24) is 0 Å². The van der Waals surface area contributed by atoms with Gasteiger partial charge in [0.15, 0.2) is 0 Å². The van der Waals surface area contributed by atoms with Crippen molar-refractivity contribution < 1.29 is 9.84 Å². The third kappa shape index (κ3) is 4.69. The predicted molar refractivity (Wildman–Crippen MR) is 75.8 cm³/mol. The van der Waals surface area contributed by atoms with E-state index >= 15 is 0 Å². The monoisotopic (exact) mass is 250 g/mol. The summed E-state index contributed by atoms with van der Waals surface area (Å²) in [6, 6.07) is 7.70. The number of hydrogen-bond donors (Lipinski definition) is 1. The van der Waals surface area contributed by atoms with Gasteiger partial charge in [-0.1, -0.05) is 45.9 Å². The molecule has 2 nitrogen and oxygen atoms in total. The fourth-order valence-electron chi connectivity index (χ4n) is 2.58. The normalized spacial score (nSPS) is 15.2. The van der Waals surface area contributed by atoms with E-state index in [1.165, 1.54) is 0 Å². The van der Waals surface area contributed by atoms with Gasteiger partial charge in [-0.25, -0.2) is 0 Å². The number of para-hydroxylation sites is 1. The lowest BCUT2D eigenvalue weighted by Crippen LogP contribution is -2.14. The third-order valence-electron chi connectivity index (χ3n) is 3.08. The van der Waals surface area contributed by atoms with Gasteiger partial charge in [-0.3, -0.25) is 0 Å². The summed E-state index contributed by atoms with van der Waals surface area (Å²) in [6.45, 7) is 8.90. The van der Waals surface area contributed by atoms with E-state index in [1.807, 2.05) is 24.3 Å². The minimum absolute atomic E-state index is 0.305. The van der Waals surface area contributed by atoms with Crippen LogP contribution in [0.2, 0.25) is 0 Å². The molecule has 2 atom stereocenters. The molecule has 102 valence electrons. The summed E-state index contributed by atoms with van der Waals surface area (Å²) in [5.74, 6) is 1.26. The lowest BCUT2D eigenvalue weighted by Gasteiger charge is -2.25. The molecule has 0 saturated carbocycles. The molecule has 18 heavy (non-hydrogen) atoms. The van der Waals surface area contributed by atoms with E-state index in [9.17, 15) is 5.11 Å². The summed E-state index contributed by atoms with van der Waals surface area (Å²) in [4.78, 5) is 0. The second-order valence-corrected chi connectivity index (χ2v) is 6.36. The van der Waals surface area contributed by atoms with Crippen molar-refractivity contribution in [3.8, 4) is 5.75 Å². The van der Waals surface area contributed by atoms with Crippen molar-refractivity contribution in [3.05, 3.63) is 29.8 Å². The van der Waals surface area contributed by atoms with Crippen LogP contribution in [0.5, 0.6) is 5.75 Å². The number of methoxy groups -OCH3 is 1. The second kappa shape index (κ2) is 6.24. The van der Waals surface area contributed by atoms with Crippen molar-refractivity contribution in [1.29, 1.82) is 0 Å². The molecule has 0 amide bonds. The lowest BCUT2D eigenvalue weighted by molar-refractivity contribution is 0.131. The van der Waals surface area contributed by atoms with Crippen LogP contribution in [0.4, 0.5) is 0 Å². The topological polar surface area (TPSA) is 29.5 Å². The van der Waals surface area contributed by atoms with Crippen LogP contribution in [-0.2, 0) is 0 Å². The summed E-state index contributed by atoms with van der Waals surface area (Å²) in [5, 5.41) is 10.3. The maximum Gasteiger partial charge on any atom is 0.124 e. The first kappa shape index (κ1) is 15.0. The fraction of sp³-hybridized carbons (Fsp3) is 0.625. The number of hydrogen-bond acceptors (Lipinski definition) is 2. The molecule has 0 heterocycles. The standard InChI is InChI=1S/C16H26O2/c1-12(11-16(2,3)4)10-14(17)13-8-6-7-9-15(13)18-5/h6-9,12,14,17H,10-11H2,1-5H3. The molecule has 0 aliphatic carbocycles. The molecule has 0 saturated heterocycles. The van der Waals surface area contributed by atoms with Crippen molar-refractivity contribution in [3.63, 3.8) is 0 Å². The molecule has 1 aromatic carbocycles. The average molecular weight is 250 g/mol. The molecule has 0 aromatic heterocycles. The van der Waals surface area contributed by atoms with Crippen LogP contribution in [0, 0.1) is 11.3 Å². The molecule has 0 aliphatic heterocycles. The van der Waals surface area contributed by atoms with Crippen molar-refractivity contribution in [2.75, 3.05) is 7.11 Å². The second-order valence-electron chi connectivity index (χ2n) is 6.36. The Hall–Kier alpha value is -1.02. The van der Waals surface area contributed by atoms with Gasteiger partial charge < -0.3 is 9.84 Å². The fourth-order valence-corrected chi connectivity index (χ4v) is 2.58. The summed E-state index contributed by atoms with van der Waals surface area (Å²) >= 11 is 0. The Morgan fingerprint density at radius 2 is 1.83 bits per heavy atom. The maximum absolute atomic E-state index is 10.3. The highest BCUT2D eigenvalue weighted by atomic mass is 16.5. The molecule has 0 aliphatic rings. The largest absolute Gasteiger partial charge is 0.496 e. The van der Waals surface area contributed by atoms with E-state index in [2.05, 4.69) is 27.7 Å². The molecule has 0 radical (unpaired) electrons. The van der Waals surface area contributed by atoms with Gasteiger partial charge in [-0.15, -0.1) is 0 Å². The zero-order chi connectivity index (χ0) is 13.8. The first-order chi connectivity index (χ1) is 8.33. The van der Waals surface area contributed by atoms with Crippen LogP contribution in [-0.4, -0.2) is 12.2 Å². The van der Waals surface area contributed by atoms with Gasteiger partial charge in [-0.2, -0.15) is 0 Å². The quantitative estimate of drug-likeness (QED) is 0.849. The molecule has 0 spiro atoms. The van der Waals surface area contributed by atoms with Crippen molar-refractivity contribution >= 4 is 0 Å². The van der Waals surface area contributed by atoms with Gasteiger partial charge in [-0.05, 0) is 30.2 Å². The number of aliphatic hydroxyl groups is 1. The highest BCUT2D eigenvalue weighted by Crippen LogP contribution is 2.33. The molecule has 2 unspecified atom stereocenters. The van der Waals surface area contributed by atoms with Gasteiger partial charge in [0, 0.05) is 5.56 Å². The number of rotatable bonds is 5. The molecular formula is C16H26O2. The average Bonchev–Trinajstić information content (AvgIpc) is 2.26. The van der Waals surface area contributed by atoms with Gasteiger partial charge >= 0.3 is 0 Å². The Labute approximate surface area is 111 Å². The Balaban J connectivity index is 2.67. The zero-order valence-corrected chi connectivity index (χ0v) is 12.2. The molecular weight excluding hydrogens is 224 g/mol. The predicted octanol–water partition coefficient (Wildman–Crippen LogP) is 4.19. The Bertz CT molecular complexity index is 366. The van der Waals surface area contributed by atoms with E-state index in [4.69, 9.17) is 4.74 Å². The zero-order valence-electron chi connectivity index (χ0n) is 12.2. The Morgan fingerprint density at radius 1 is 1.22 bits per heavy atom. The summed E-state index contributed by atoms with van der Waals surface area (Å²) in [7, 11) is 1.64. The van der Waals surface area contributed by atoms with Crippen LogP contribution in [0.15, 0.2) is 24.3 Å². The molecule has 1 aromatic rings. The Morgan fingerprint density at radius 3 is 2.39 bits per heavy atom. The smallest absolute Gasteiger partial charge is 0.124 e. The van der Waals surface area contributed by atoms with Gasteiger partial charge in [0.25, 0.3) is 0 Å². The lowest BCUT2D eigenvalue weighted by atomic mass is 9.82. The minimum Gasteiger partial charge on any atom is -0.496 e. The van der Waals surface area contributed by atoms with E-state index in [1.54, 1.807) is 7.11 Å². The highest BCUT2D eigenvalue weighted by Gasteiger charge is 2.20. The minimum atomic E-state index is -0.446. The summed E-state index contributed by atoms with van der Waals surface area (Å²) < 4.78 is 5.29. The van der Waals surface area contributed by atoms with Gasteiger partial charge in [0.1, 0.15) is 5.75 Å². The maximum atomic E-state index is 10.3. The van der Waals surface area contributed by atoms with Gasteiger partial charge in [0.2, 0.25) is 0 Å². The molecule has 0 bridgehead atoms.